The van der Waals surface area contributed by atoms with E-state index in [1.807, 2.05) is 53.1 Å². The van der Waals surface area contributed by atoms with Crippen molar-refractivity contribution in [1.82, 2.24) is 9.55 Å². The molecule has 2 heterocycles. The standard InChI is InChI=1S/C19H13ClN4O3/c20-14-7-5-13(6-8-14)12-23-17-4-2-1-3-16(17)22-19(23)21-11-15-9-10-18(27-15)24(25)26/h1-11H,12H2/b21-11+. The van der Waals surface area contributed by atoms with Gasteiger partial charge in [0.25, 0.3) is 0 Å². The Morgan fingerprint density at radius 2 is 1.93 bits per heavy atom. The zero-order chi connectivity index (χ0) is 18.8. The fraction of sp³-hybridized carbons (Fsp3) is 0.0526. The lowest BCUT2D eigenvalue weighted by atomic mass is 10.2. The third kappa shape index (κ3) is 3.58. The summed E-state index contributed by atoms with van der Waals surface area (Å²) < 4.78 is 7.08. The molecule has 0 bridgehead atoms. The highest BCUT2D eigenvalue weighted by molar-refractivity contribution is 6.30. The molecule has 0 aliphatic rings. The van der Waals surface area contributed by atoms with Crippen molar-refractivity contribution < 1.29 is 9.34 Å². The molecule has 0 fully saturated rings. The Kier molecular flexibility index (Phi) is 4.43. The third-order valence-corrected chi connectivity index (χ3v) is 4.24. The summed E-state index contributed by atoms with van der Waals surface area (Å²) in [4.78, 5) is 19.1. The molecular weight excluding hydrogens is 368 g/mol. The molecule has 0 aliphatic heterocycles. The van der Waals surface area contributed by atoms with Gasteiger partial charge in [-0.15, -0.1) is 0 Å². The number of imidazole rings is 1. The maximum absolute atomic E-state index is 10.7. The van der Waals surface area contributed by atoms with Gasteiger partial charge in [0.2, 0.25) is 5.95 Å². The Bertz CT molecular complexity index is 1150. The molecule has 0 saturated carbocycles. The van der Waals surface area contributed by atoms with Crippen LogP contribution in [0.5, 0.6) is 0 Å². The summed E-state index contributed by atoms with van der Waals surface area (Å²) in [6, 6.07) is 18.1. The molecule has 0 saturated heterocycles. The van der Waals surface area contributed by atoms with Gasteiger partial charge in [0.05, 0.1) is 29.9 Å². The van der Waals surface area contributed by atoms with Crippen LogP contribution in [-0.4, -0.2) is 20.7 Å². The lowest BCUT2D eigenvalue weighted by molar-refractivity contribution is -0.402. The number of aromatic nitrogens is 2. The molecule has 0 aliphatic carbocycles. The van der Waals surface area contributed by atoms with Gasteiger partial charge in [0, 0.05) is 5.02 Å². The molecule has 0 unspecified atom stereocenters. The van der Waals surface area contributed by atoms with E-state index in [1.165, 1.54) is 18.3 Å². The Labute approximate surface area is 158 Å². The molecule has 7 nitrogen and oxygen atoms in total. The largest absolute Gasteiger partial charge is 0.433 e. The molecule has 4 aromatic rings. The molecule has 0 amide bonds. The number of aliphatic imine (C=N–C) groups is 1. The number of rotatable bonds is 5. The third-order valence-electron chi connectivity index (χ3n) is 3.99. The Morgan fingerprint density at radius 1 is 1.15 bits per heavy atom. The van der Waals surface area contributed by atoms with Crippen LogP contribution in [0.4, 0.5) is 11.8 Å². The predicted octanol–water partition coefficient (Wildman–Crippen LogP) is 4.99. The highest BCUT2D eigenvalue weighted by Gasteiger charge is 2.12. The van der Waals surface area contributed by atoms with Gasteiger partial charge in [-0.1, -0.05) is 35.9 Å². The van der Waals surface area contributed by atoms with Crippen LogP contribution in [0.1, 0.15) is 11.3 Å². The normalized spacial score (nSPS) is 11.4. The van der Waals surface area contributed by atoms with Crippen LogP contribution in [0.2, 0.25) is 5.02 Å². The molecular formula is C19H13ClN4O3. The Balaban J connectivity index is 1.71. The average Bonchev–Trinajstić information content (AvgIpc) is 3.27. The molecule has 27 heavy (non-hydrogen) atoms. The van der Waals surface area contributed by atoms with Gasteiger partial charge in [-0.25, -0.2) is 9.98 Å². The second kappa shape index (κ2) is 7.05. The van der Waals surface area contributed by atoms with Crippen molar-refractivity contribution in [2.24, 2.45) is 4.99 Å². The van der Waals surface area contributed by atoms with E-state index in [9.17, 15) is 10.1 Å². The number of hydrogen-bond donors (Lipinski definition) is 0. The number of hydrogen-bond acceptors (Lipinski definition) is 5. The van der Waals surface area contributed by atoms with E-state index in [-0.39, 0.29) is 11.6 Å². The number of nitrogens with zero attached hydrogens (tertiary/aromatic N) is 4. The van der Waals surface area contributed by atoms with Crippen molar-refractivity contribution in [3.8, 4) is 0 Å². The van der Waals surface area contributed by atoms with E-state index in [0.717, 1.165) is 16.6 Å². The molecule has 8 heteroatoms. The molecule has 2 aromatic carbocycles. The number of benzene rings is 2. The predicted molar refractivity (Wildman–Crippen MR) is 103 cm³/mol. The van der Waals surface area contributed by atoms with Gasteiger partial charge in [0.15, 0.2) is 5.76 Å². The maximum Gasteiger partial charge on any atom is 0.433 e. The maximum atomic E-state index is 10.7. The summed E-state index contributed by atoms with van der Waals surface area (Å²) in [7, 11) is 0. The van der Waals surface area contributed by atoms with Crippen LogP contribution >= 0.6 is 11.6 Å². The smallest absolute Gasteiger partial charge is 0.400 e. The first-order chi connectivity index (χ1) is 13.1. The molecule has 0 N–H and O–H groups in total. The second-order valence-electron chi connectivity index (χ2n) is 5.80. The Morgan fingerprint density at radius 3 is 2.67 bits per heavy atom. The number of halogens is 1. The summed E-state index contributed by atoms with van der Waals surface area (Å²) in [6.07, 6.45) is 1.42. The SMILES string of the molecule is O=[N+]([O-])c1ccc(/C=N/c2nc3ccccc3n2Cc2ccc(Cl)cc2)o1. The Hall–Kier alpha value is -3.45. The summed E-state index contributed by atoms with van der Waals surface area (Å²) in [5, 5.41) is 11.4. The zero-order valence-corrected chi connectivity index (χ0v) is 14.7. The van der Waals surface area contributed by atoms with Crippen molar-refractivity contribution >= 4 is 40.7 Å². The fourth-order valence-electron chi connectivity index (χ4n) is 2.72. The summed E-state index contributed by atoms with van der Waals surface area (Å²) in [6.45, 7) is 0.558. The number of para-hydroxylation sites is 2. The van der Waals surface area contributed by atoms with Gasteiger partial charge in [-0.05, 0) is 35.9 Å². The first kappa shape index (κ1) is 17.0. The second-order valence-corrected chi connectivity index (χ2v) is 6.24. The minimum atomic E-state index is -0.590. The minimum Gasteiger partial charge on any atom is -0.400 e. The van der Waals surface area contributed by atoms with Crippen molar-refractivity contribution in [2.75, 3.05) is 0 Å². The topological polar surface area (TPSA) is 86.5 Å². The summed E-state index contributed by atoms with van der Waals surface area (Å²) >= 11 is 5.96. The molecule has 2 aromatic heterocycles. The van der Waals surface area contributed by atoms with Crippen molar-refractivity contribution in [2.45, 2.75) is 6.54 Å². The molecule has 0 spiro atoms. The van der Waals surface area contributed by atoms with E-state index in [1.54, 1.807) is 0 Å². The van der Waals surface area contributed by atoms with Gasteiger partial charge < -0.3 is 8.98 Å². The van der Waals surface area contributed by atoms with E-state index < -0.39 is 4.92 Å². The molecule has 0 radical (unpaired) electrons. The van der Waals surface area contributed by atoms with Gasteiger partial charge in [0.1, 0.15) is 4.92 Å². The van der Waals surface area contributed by atoms with Crippen molar-refractivity contribution in [3.63, 3.8) is 0 Å². The van der Waals surface area contributed by atoms with Crippen LogP contribution in [0.15, 0.2) is 70.1 Å². The number of fused-ring (bicyclic) bond motifs is 1. The van der Waals surface area contributed by atoms with Gasteiger partial charge in [-0.2, -0.15) is 0 Å². The first-order valence-electron chi connectivity index (χ1n) is 8.08. The summed E-state index contributed by atoms with van der Waals surface area (Å²) in [5.74, 6) is 0.433. The monoisotopic (exact) mass is 380 g/mol. The van der Waals surface area contributed by atoms with Crippen LogP contribution in [0.3, 0.4) is 0 Å². The lowest BCUT2D eigenvalue weighted by Gasteiger charge is -2.07. The quantitative estimate of drug-likeness (QED) is 0.277. The van der Waals surface area contributed by atoms with Crippen LogP contribution < -0.4 is 0 Å². The molecule has 4 rings (SSSR count). The summed E-state index contributed by atoms with van der Waals surface area (Å²) in [5.41, 5.74) is 2.79. The van der Waals surface area contributed by atoms with Gasteiger partial charge >= 0.3 is 5.88 Å². The molecule has 134 valence electrons. The minimum absolute atomic E-state index is 0.284. The zero-order valence-electron chi connectivity index (χ0n) is 13.9. The fourth-order valence-corrected chi connectivity index (χ4v) is 2.85. The number of furan rings is 1. The van der Waals surface area contributed by atoms with Crippen molar-refractivity contribution in [1.29, 1.82) is 0 Å². The lowest BCUT2D eigenvalue weighted by Crippen LogP contribution is -1.99. The van der Waals surface area contributed by atoms with E-state index in [2.05, 4.69) is 9.98 Å². The first-order valence-corrected chi connectivity index (χ1v) is 8.46. The highest BCUT2D eigenvalue weighted by Crippen LogP contribution is 2.24. The van der Waals surface area contributed by atoms with E-state index in [4.69, 9.17) is 16.0 Å². The van der Waals surface area contributed by atoms with E-state index >= 15 is 0 Å². The van der Waals surface area contributed by atoms with Gasteiger partial charge in [-0.3, -0.25) is 10.1 Å². The number of nitro groups is 1. The van der Waals surface area contributed by atoms with E-state index in [0.29, 0.717) is 17.5 Å². The molecule has 0 atom stereocenters. The van der Waals surface area contributed by atoms with Crippen LogP contribution in [0, 0.1) is 10.1 Å². The van der Waals surface area contributed by atoms with Crippen molar-refractivity contribution in [3.05, 3.63) is 87.1 Å². The van der Waals surface area contributed by atoms with Crippen LogP contribution in [-0.2, 0) is 6.54 Å². The average molecular weight is 381 g/mol. The highest BCUT2D eigenvalue weighted by atomic mass is 35.5. The van der Waals surface area contributed by atoms with Crippen LogP contribution in [0.25, 0.3) is 11.0 Å².